The molecule has 1 aromatic heterocycles. The van der Waals surface area contributed by atoms with Gasteiger partial charge in [-0.2, -0.15) is 0 Å². The summed E-state index contributed by atoms with van der Waals surface area (Å²) in [5.74, 6) is 0.717. The number of hydrogen-bond donors (Lipinski definition) is 2. The van der Waals surface area contributed by atoms with Gasteiger partial charge < -0.3 is 20.1 Å². The Labute approximate surface area is 171 Å². The average molecular weight is 399 g/mol. The van der Waals surface area contributed by atoms with Crippen molar-refractivity contribution < 1.29 is 9.84 Å². The molecule has 0 fully saturated rings. The summed E-state index contributed by atoms with van der Waals surface area (Å²) >= 11 is 0. The van der Waals surface area contributed by atoms with Crippen LogP contribution in [-0.4, -0.2) is 52.9 Å². The molecule has 2 aromatic carbocycles. The maximum Gasteiger partial charge on any atom is 0.328 e. The highest BCUT2D eigenvalue weighted by atomic mass is 16.5. The second-order valence-corrected chi connectivity index (χ2v) is 7.60. The molecule has 0 aliphatic carbocycles. The van der Waals surface area contributed by atoms with E-state index < -0.39 is 6.10 Å². The standard InChI is InChI=1S/C22H30N4O3/c1-24(2)12-11-23-14-16-5-8-18(9-6-16)29-15-21(27)17-7-10-19-20(13-17)26(4)22(28)25(19)3/h5-10,13,21,23,27H,11-12,14-15H2,1-4H3. The van der Waals surface area contributed by atoms with Gasteiger partial charge in [0.2, 0.25) is 0 Å². The van der Waals surface area contributed by atoms with Crippen LogP contribution in [0.2, 0.25) is 0 Å². The zero-order valence-electron chi connectivity index (χ0n) is 17.6. The zero-order chi connectivity index (χ0) is 21.0. The van der Waals surface area contributed by atoms with Gasteiger partial charge >= 0.3 is 5.69 Å². The number of nitrogens with zero attached hydrogens (tertiary/aromatic N) is 3. The van der Waals surface area contributed by atoms with E-state index >= 15 is 0 Å². The van der Waals surface area contributed by atoms with E-state index in [1.54, 1.807) is 23.2 Å². The first-order valence-electron chi connectivity index (χ1n) is 9.77. The number of benzene rings is 2. The molecule has 0 aliphatic rings. The molecule has 3 aromatic rings. The van der Waals surface area contributed by atoms with E-state index in [2.05, 4.69) is 24.3 Å². The molecule has 0 radical (unpaired) electrons. The average Bonchev–Trinajstić information content (AvgIpc) is 2.94. The number of likely N-dealkylation sites (N-methyl/N-ethyl adjacent to an activating group) is 1. The Balaban J connectivity index is 1.56. The van der Waals surface area contributed by atoms with Gasteiger partial charge in [-0.3, -0.25) is 9.13 Å². The Morgan fingerprint density at radius 3 is 2.45 bits per heavy atom. The van der Waals surface area contributed by atoms with Gasteiger partial charge in [0.1, 0.15) is 18.5 Å². The minimum absolute atomic E-state index is 0.0841. The third-order valence-electron chi connectivity index (χ3n) is 5.08. The molecule has 7 heteroatoms. The largest absolute Gasteiger partial charge is 0.491 e. The molecule has 156 valence electrons. The summed E-state index contributed by atoms with van der Waals surface area (Å²) in [6, 6.07) is 13.4. The number of hydrogen-bond acceptors (Lipinski definition) is 5. The molecule has 29 heavy (non-hydrogen) atoms. The van der Waals surface area contributed by atoms with Crippen molar-refractivity contribution in [1.82, 2.24) is 19.4 Å². The lowest BCUT2D eigenvalue weighted by atomic mass is 10.1. The van der Waals surface area contributed by atoms with Crippen LogP contribution in [0, 0.1) is 0 Å². The maximum absolute atomic E-state index is 12.1. The predicted octanol–water partition coefficient (Wildman–Crippen LogP) is 1.64. The summed E-state index contributed by atoms with van der Waals surface area (Å²) in [5.41, 5.74) is 3.45. The van der Waals surface area contributed by atoms with Crippen molar-refractivity contribution in [1.29, 1.82) is 0 Å². The van der Waals surface area contributed by atoms with Crippen LogP contribution in [0.5, 0.6) is 5.75 Å². The Morgan fingerprint density at radius 2 is 1.76 bits per heavy atom. The van der Waals surface area contributed by atoms with E-state index in [-0.39, 0.29) is 12.3 Å². The summed E-state index contributed by atoms with van der Waals surface area (Å²) in [6.07, 6.45) is -0.776. The van der Waals surface area contributed by atoms with E-state index in [1.165, 1.54) is 5.56 Å². The Hall–Kier alpha value is -2.61. The number of nitrogens with one attached hydrogen (secondary N) is 1. The number of aryl methyl sites for hydroxylation is 2. The number of aliphatic hydroxyl groups is 1. The van der Waals surface area contributed by atoms with Crippen LogP contribution in [0.15, 0.2) is 47.3 Å². The fraction of sp³-hybridized carbons (Fsp3) is 0.409. The van der Waals surface area contributed by atoms with Crippen LogP contribution in [0.4, 0.5) is 0 Å². The zero-order valence-corrected chi connectivity index (χ0v) is 17.6. The van der Waals surface area contributed by atoms with E-state index in [9.17, 15) is 9.90 Å². The molecule has 0 aliphatic heterocycles. The van der Waals surface area contributed by atoms with Crippen LogP contribution < -0.4 is 15.7 Å². The molecule has 2 N–H and O–H groups in total. The maximum atomic E-state index is 12.1. The number of ether oxygens (including phenoxy) is 1. The van der Waals surface area contributed by atoms with Gasteiger partial charge in [0.05, 0.1) is 11.0 Å². The van der Waals surface area contributed by atoms with Gasteiger partial charge in [-0.15, -0.1) is 0 Å². The summed E-state index contributed by atoms with van der Waals surface area (Å²) in [4.78, 5) is 14.2. The number of aliphatic hydroxyl groups excluding tert-OH is 1. The van der Waals surface area contributed by atoms with Crippen molar-refractivity contribution in [2.45, 2.75) is 12.6 Å². The quantitative estimate of drug-likeness (QED) is 0.536. The van der Waals surface area contributed by atoms with Gasteiger partial charge in [-0.05, 0) is 49.5 Å². The second kappa shape index (κ2) is 9.26. The van der Waals surface area contributed by atoms with Crippen molar-refractivity contribution in [3.8, 4) is 5.75 Å². The van der Waals surface area contributed by atoms with Crippen molar-refractivity contribution >= 4 is 11.0 Å². The molecule has 0 bridgehead atoms. The van der Waals surface area contributed by atoms with Crippen LogP contribution in [-0.2, 0) is 20.6 Å². The SMILES string of the molecule is CN(C)CCNCc1ccc(OCC(O)c2ccc3c(c2)n(C)c(=O)n3C)cc1. The third kappa shape index (κ3) is 5.06. The molecule has 1 heterocycles. The highest BCUT2D eigenvalue weighted by Crippen LogP contribution is 2.21. The smallest absolute Gasteiger partial charge is 0.328 e. The van der Waals surface area contributed by atoms with Gasteiger partial charge in [-0.25, -0.2) is 4.79 Å². The number of aromatic nitrogens is 2. The molecule has 0 amide bonds. The van der Waals surface area contributed by atoms with Gasteiger partial charge in [0, 0.05) is 33.7 Å². The lowest BCUT2D eigenvalue weighted by Crippen LogP contribution is -2.26. The minimum Gasteiger partial charge on any atom is -0.491 e. The number of rotatable bonds is 9. The Bertz CT molecular complexity index is 1010. The van der Waals surface area contributed by atoms with E-state index in [0.29, 0.717) is 5.75 Å². The van der Waals surface area contributed by atoms with Gasteiger partial charge in [0.25, 0.3) is 0 Å². The summed E-state index contributed by atoms with van der Waals surface area (Å²) < 4.78 is 8.93. The monoisotopic (exact) mass is 398 g/mol. The first-order chi connectivity index (χ1) is 13.9. The second-order valence-electron chi connectivity index (χ2n) is 7.60. The van der Waals surface area contributed by atoms with Crippen LogP contribution in [0.1, 0.15) is 17.2 Å². The Kier molecular flexibility index (Phi) is 6.74. The van der Waals surface area contributed by atoms with Gasteiger partial charge in [-0.1, -0.05) is 18.2 Å². The molecule has 3 rings (SSSR count). The van der Waals surface area contributed by atoms with Crippen LogP contribution in [0.3, 0.4) is 0 Å². The van der Waals surface area contributed by atoms with E-state index in [0.717, 1.165) is 36.2 Å². The normalized spacial score (nSPS) is 12.6. The minimum atomic E-state index is -0.776. The predicted molar refractivity (Wildman–Crippen MR) is 115 cm³/mol. The molecule has 1 atom stereocenters. The Morgan fingerprint density at radius 1 is 1.07 bits per heavy atom. The molecular weight excluding hydrogens is 368 g/mol. The van der Waals surface area contributed by atoms with Crippen molar-refractivity contribution in [2.24, 2.45) is 14.1 Å². The number of imidazole rings is 1. The molecule has 0 saturated carbocycles. The summed E-state index contributed by atoms with van der Waals surface area (Å²) in [6.45, 7) is 2.90. The fourth-order valence-corrected chi connectivity index (χ4v) is 3.24. The van der Waals surface area contributed by atoms with E-state index in [1.807, 2.05) is 42.5 Å². The van der Waals surface area contributed by atoms with Crippen LogP contribution in [0.25, 0.3) is 11.0 Å². The lowest BCUT2D eigenvalue weighted by Gasteiger charge is -2.14. The molecule has 7 nitrogen and oxygen atoms in total. The first-order valence-corrected chi connectivity index (χ1v) is 9.77. The van der Waals surface area contributed by atoms with Crippen molar-refractivity contribution in [3.05, 3.63) is 64.1 Å². The molecule has 0 saturated heterocycles. The number of fused-ring (bicyclic) bond motifs is 1. The molecule has 0 spiro atoms. The van der Waals surface area contributed by atoms with Crippen molar-refractivity contribution in [3.63, 3.8) is 0 Å². The third-order valence-corrected chi connectivity index (χ3v) is 5.08. The lowest BCUT2D eigenvalue weighted by molar-refractivity contribution is 0.108. The van der Waals surface area contributed by atoms with Crippen LogP contribution >= 0.6 is 0 Å². The molecular formula is C22H30N4O3. The molecule has 1 unspecified atom stereocenters. The summed E-state index contributed by atoms with van der Waals surface area (Å²) in [7, 11) is 7.59. The highest BCUT2D eigenvalue weighted by molar-refractivity contribution is 5.76. The van der Waals surface area contributed by atoms with E-state index in [4.69, 9.17) is 4.74 Å². The topological polar surface area (TPSA) is 71.7 Å². The first kappa shape index (κ1) is 21.1. The highest BCUT2D eigenvalue weighted by Gasteiger charge is 2.13. The van der Waals surface area contributed by atoms with Gasteiger partial charge in [0.15, 0.2) is 0 Å². The summed E-state index contributed by atoms with van der Waals surface area (Å²) in [5, 5.41) is 13.9. The fourth-order valence-electron chi connectivity index (χ4n) is 3.24. The van der Waals surface area contributed by atoms with Crippen molar-refractivity contribution in [2.75, 3.05) is 33.8 Å².